The maximum atomic E-state index is 12.7. The molecule has 0 unspecified atom stereocenters. The Morgan fingerprint density at radius 2 is 2.06 bits per heavy atom. The number of aryl methyl sites for hydroxylation is 2. The van der Waals surface area contributed by atoms with E-state index in [1.807, 2.05) is 24.0 Å². The lowest BCUT2D eigenvalue weighted by Gasteiger charge is -2.48. The predicted octanol–water partition coefficient (Wildman–Crippen LogP) is 3.33. The summed E-state index contributed by atoms with van der Waals surface area (Å²) in [6.45, 7) is 5.64. The van der Waals surface area contributed by atoms with Crippen LogP contribution >= 0.6 is 22.9 Å². The smallest absolute Gasteiger partial charge is 0.267 e. The Labute approximate surface area is 206 Å². The molecule has 0 aliphatic carbocycles. The number of para-hydroxylation sites is 1. The standard InChI is InChI=1S/C22H26ClN7O3S/c1-14-4-3-5-16(23)20(14)28-21(32)17-13-24-22(34-17)27-18-12-19(26-15(2)25-18)29-6-8-30(33,9-7-29)10-11-31/h3-5,12-13,31H,6-11H2,1-2H3,(H,28,32)(H,24,25,26,27). The highest BCUT2D eigenvalue weighted by Crippen LogP contribution is 2.28. The Balaban J connectivity index is 1.44. The molecule has 1 aliphatic rings. The van der Waals surface area contributed by atoms with E-state index >= 15 is 0 Å². The van der Waals surface area contributed by atoms with E-state index in [9.17, 15) is 10.0 Å². The number of nitrogens with zero attached hydrogens (tertiary/aromatic N) is 5. The Bertz CT molecular complexity index is 1160. The highest BCUT2D eigenvalue weighted by molar-refractivity contribution is 7.17. The first-order valence-corrected chi connectivity index (χ1v) is 12.0. The molecule has 0 saturated carbocycles. The van der Waals surface area contributed by atoms with Crippen molar-refractivity contribution in [2.24, 2.45) is 0 Å². The minimum atomic E-state index is -0.389. The van der Waals surface area contributed by atoms with E-state index < -0.39 is 0 Å². The summed E-state index contributed by atoms with van der Waals surface area (Å²) in [4.78, 5) is 28.4. The van der Waals surface area contributed by atoms with Gasteiger partial charge < -0.3 is 30.5 Å². The molecule has 1 amide bonds. The maximum Gasteiger partial charge on any atom is 0.267 e. The van der Waals surface area contributed by atoms with Crippen molar-refractivity contribution in [3.8, 4) is 0 Å². The molecular formula is C22H26ClN7O3S. The molecule has 0 spiro atoms. The highest BCUT2D eigenvalue weighted by Gasteiger charge is 2.26. The molecule has 10 nitrogen and oxygen atoms in total. The van der Waals surface area contributed by atoms with Gasteiger partial charge in [0.25, 0.3) is 5.91 Å². The number of thiazole rings is 1. The lowest BCUT2D eigenvalue weighted by Crippen LogP contribution is -2.57. The van der Waals surface area contributed by atoms with Gasteiger partial charge in [0.1, 0.15) is 28.9 Å². The Morgan fingerprint density at radius 3 is 2.76 bits per heavy atom. The average molecular weight is 504 g/mol. The van der Waals surface area contributed by atoms with E-state index in [-0.39, 0.29) is 23.7 Å². The quantitative estimate of drug-likeness (QED) is 0.331. The molecule has 1 aromatic carbocycles. The van der Waals surface area contributed by atoms with E-state index in [4.69, 9.17) is 16.7 Å². The topological polar surface area (TPSA) is 126 Å². The minimum Gasteiger partial charge on any atom is -0.633 e. The number of aliphatic hydroxyl groups excluding tert-OH is 1. The van der Waals surface area contributed by atoms with Gasteiger partial charge in [-0.25, -0.2) is 15.0 Å². The van der Waals surface area contributed by atoms with Crippen molar-refractivity contribution in [1.82, 2.24) is 15.0 Å². The first-order chi connectivity index (χ1) is 16.3. The van der Waals surface area contributed by atoms with Crippen LogP contribution < -0.4 is 15.5 Å². The lowest BCUT2D eigenvalue weighted by molar-refractivity contribution is -0.881. The summed E-state index contributed by atoms with van der Waals surface area (Å²) in [5, 5.41) is 28.6. The summed E-state index contributed by atoms with van der Waals surface area (Å²) in [5.41, 5.74) is 1.45. The number of benzene rings is 1. The molecule has 3 N–H and O–H groups in total. The van der Waals surface area contributed by atoms with Crippen LogP contribution in [0.2, 0.25) is 5.02 Å². The largest absolute Gasteiger partial charge is 0.633 e. The molecule has 1 fully saturated rings. The Morgan fingerprint density at radius 1 is 1.29 bits per heavy atom. The zero-order chi connectivity index (χ0) is 24.3. The molecular weight excluding hydrogens is 478 g/mol. The number of anilines is 4. The molecule has 12 heteroatoms. The van der Waals surface area contributed by atoms with Gasteiger partial charge in [0.2, 0.25) is 0 Å². The number of quaternary nitrogens is 1. The van der Waals surface area contributed by atoms with Gasteiger partial charge in [-0.05, 0) is 25.5 Å². The van der Waals surface area contributed by atoms with Gasteiger partial charge in [-0.15, -0.1) is 0 Å². The Kier molecular flexibility index (Phi) is 7.29. The predicted molar refractivity (Wildman–Crippen MR) is 134 cm³/mol. The molecule has 2 aromatic heterocycles. The summed E-state index contributed by atoms with van der Waals surface area (Å²) in [7, 11) is 0. The lowest BCUT2D eigenvalue weighted by atomic mass is 10.2. The van der Waals surface area contributed by atoms with Gasteiger partial charge in [-0.1, -0.05) is 35.1 Å². The summed E-state index contributed by atoms with van der Waals surface area (Å²) in [5.74, 6) is 1.55. The zero-order valence-corrected chi connectivity index (χ0v) is 20.5. The number of hydrogen-bond donors (Lipinski definition) is 3. The van der Waals surface area contributed by atoms with Crippen molar-refractivity contribution in [3.05, 3.63) is 57.0 Å². The van der Waals surface area contributed by atoms with E-state index in [2.05, 4.69) is 25.6 Å². The van der Waals surface area contributed by atoms with E-state index in [0.29, 0.717) is 64.4 Å². The van der Waals surface area contributed by atoms with E-state index in [1.165, 1.54) is 17.5 Å². The fourth-order valence-corrected chi connectivity index (χ4v) is 4.74. The van der Waals surface area contributed by atoms with Crippen LogP contribution in [0.15, 0.2) is 30.5 Å². The first kappa shape index (κ1) is 24.3. The third-order valence-corrected chi connectivity index (χ3v) is 6.86. The molecule has 0 bridgehead atoms. The number of hydrogen-bond acceptors (Lipinski definition) is 9. The number of halogens is 1. The molecule has 4 rings (SSSR count). The first-order valence-electron chi connectivity index (χ1n) is 10.8. The number of carbonyl (C=O) groups is 1. The zero-order valence-electron chi connectivity index (χ0n) is 18.9. The second kappa shape index (κ2) is 10.2. The van der Waals surface area contributed by atoms with Crippen LogP contribution in [0.3, 0.4) is 0 Å². The number of nitrogens with one attached hydrogen (secondary N) is 2. The van der Waals surface area contributed by atoms with Crippen LogP contribution in [0.5, 0.6) is 0 Å². The van der Waals surface area contributed by atoms with Gasteiger partial charge in [0, 0.05) is 6.07 Å². The maximum absolute atomic E-state index is 12.7. The second-order valence-corrected chi connectivity index (χ2v) is 9.58. The Hall–Kier alpha value is -2.83. The molecule has 180 valence electrons. The number of aliphatic hydroxyl groups is 1. The summed E-state index contributed by atoms with van der Waals surface area (Å²) < 4.78 is -0.389. The van der Waals surface area contributed by atoms with Crippen LogP contribution in [-0.2, 0) is 0 Å². The van der Waals surface area contributed by atoms with Crippen LogP contribution in [0.4, 0.5) is 22.5 Å². The van der Waals surface area contributed by atoms with E-state index in [0.717, 1.165) is 5.56 Å². The monoisotopic (exact) mass is 503 g/mol. The van der Waals surface area contributed by atoms with Crippen molar-refractivity contribution in [2.45, 2.75) is 13.8 Å². The van der Waals surface area contributed by atoms with Crippen molar-refractivity contribution in [3.63, 3.8) is 0 Å². The van der Waals surface area contributed by atoms with Crippen molar-refractivity contribution in [1.29, 1.82) is 0 Å². The third kappa shape index (κ3) is 5.62. The molecule has 3 aromatic rings. The van der Waals surface area contributed by atoms with E-state index in [1.54, 1.807) is 19.1 Å². The SMILES string of the molecule is Cc1nc(Nc2ncc(C(=O)Nc3c(C)cccc3Cl)s2)cc(N2CC[N+]([O-])(CCO)CC2)n1. The summed E-state index contributed by atoms with van der Waals surface area (Å²) in [6.07, 6.45) is 1.50. The molecule has 0 atom stereocenters. The number of rotatable bonds is 7. The van der Waals surface area contributed by atoms with Gasteiger partial charge in [0.15, 0.2) is 5.13 Å². The van der Waals surface area contributed by atoms with Crippen LogP contribution in [-0.4, -0.2) is 69.9 Å². The molecule has 3 heterocycles. The van der Waals surface area contributed by atoms with Gasteiger partial charge >= 0.3 is 0 Å². The molecule has 0 radical (unpaired) electrons. The number of aromatic nitrogens is 3. The summed E-state index contributed by atoms with van der Waals surface area (Å²) >= 11 is 7.41. The number of piperazine rings is 1. The van der Waals surface area contributed by atoms with Crippen molar-refractivity contribution in [2.75, 3.05) is 54.9 Å². The second-order valence-electron chi connectivity index (χ2n) is 8.14. The average Bonchev–Trinajstić information content (AvgIpc) is 3.25. The van der Waals surface area contributed by atoms with Crippen LogP contribution in [0, 0.1) is 19.1 Å². The normalized spacial score (nSPS) is 15.3. The van der Waals surface area contributed by atoms with Gasteiger partial charge in [-0.3, -0.25) is 4.79 Å². The van der Waals surface area contributed by atoms with Crippen LogP contribution in [0.25, 0.3) is 0 Å². The number of carbonyl (C=O) groups excluding carboxylic acids is 1. The van der Waals surface area contributed by atoms with Crippen molar-refractivity contribution < 1.29 is 14.5 Å². The number of amides is 1. The fourth-order valence-electron chi connectivity index (χ4n) is 3.75. The van der Waals surface area contributed by atoms with Gasteiger partial charge in [-0.2, -0.15) is 0 Å². The number of hydroxylamine groups is 3. The van der Waals surface area contributed by atoms with Crippen LogP contribution in [0.1, 0.15) is 21.1 Å². The summed E-state index contributed by atoms with van der Waals surface area (Å²) in [6, 6.07) is 7.23. The van der Waals surface area contributed by atoms with Crippen molar-refractivity contribution >= 4 is 51.3 Å². The molecule has 1 saturated heterocycles. The molecule has 34 heavy (non-hydrogen) atoms. The fraction of sp³-hybridized carbons (Fsp3) is 0.364. The third-order valence-electron chi connectivity index (χ3n) is 5.64. The molecule has 1 aliphatic heterocycles. The minimum absolute atomic E-state index is 0.115. The highest BCUT2D eigenvalue weighted by atomic mass is 35.5. The van der Waals surface area contributed by atoms with Gasteiger partial charge in [0.05, 0.1) is 49.7 Å².